The minimum absolute atomic E-state index is 0.757. The zero-order valence-corrected chi connectivity index (χ0v) is 12.7. The van der Waals surface area contributed by atoms with Crippen molar-refractivity contribution in [3.63, 3.8) is 0 Å². The summed E-state index contributed by atoms with van der Waals surface area (Å²) in [5.41, 5.74) is 0. The number of nitrogens with zero attached hydrogens (tertiary/aromatic N) is 1. The van der Waals surface area contributed by atoms with Gasteiger partial charge in [-0.25, -0.2) is 0 Å². The van der Waals surface area contributed by atoms with Crippen LogP contribution in [0.3, 0.4) is 0 Å². The predicted octanol–water partition coefficient (Wildman–Crippen LogP) is 3.20. The van der Waals surface area contributed by atoms with Gasteiger partial charge in [0.2, 0.25) is 0 Å². The lowest BCUT2D eigenvalue weighted by Crippen LogP contribution is -2.48. The van der Waals surface area contributed by atoms with E-state index in [4.69, 9.17) is 0 Å². The van der Waals surface area contributed by atoms with Crippen LogP contribution in [-0.2, 0) is 6.54 Å². The smallest absolute Gasteiger partial charge is 0.0327 e. The van der Waals surface area contributed by atoms with Crippen LogP contribution in [0.4, 0.5) is 0 Å². The van der Waals surface area contributed by atoms with Crippen LogP contribution < -0.4 is 5.32 Å². The van der Waals surface area contributed by atoms with E-state index in [9.17, 15) is 0 Å². The molecule has 0 aromatic carbocycles. The molecule has 0 amide bonds. The normalized spacial score (nSPS) is 23.6. The van der Waals surface area contributed by atoms with Crippen LogP contribution in [0.5, 0.6) is 0 Å². The van der Waals surface area contributed by atoms with Crippen molar-refractivity contribution in [2.75, 3.05) is 20.1 Å². The second-order valence-corrected chi connectivity index (χ2v) is 6.98. The fourth-order valence-electron chi connectivity index (χ4n) is 2.69. The van der Waals surface area contributed by atoms with Gasteiger partial charge in [-0.05, 0) is 56.3 Å². The van der Waals surface area contributed by atoms with E-state index in [-0.39, 0.29) is 0 Å². The molecule has 18 heavy (non-hydrogen) atoms. The van der Waals surface area contributed by atoms with Crippen molar-refractivity contribution >= 4 is 11.3 Å². The molecule has 1 aromatic heterocycles. The summed E-state index contributed by atoms with van der Waals surface area (Å²) in [7, 11) is 2.28. The molecule has 1 heterocycles. The van der Waals surface area contributed by atoms with Crippen molar-refractivity contribution in [3.8, 4) is 0 Å². The van der Waals surface area contributed by atoms with Gasteiger partial charge in [-0.3, -0.25) is 4.90 Å². The second-order valence-electron chi connectivity index (χ2n) is 5.95. The van der Waals surface area contributed by atoms with E-state index in [1.54, 1.807) is 0 Å². The maximum absolute atomic E-state index is 3.61. The topological polar surface area (TPSA) is 15.3 Å². The Morgan fingerprint density at radius 3 is 2.83 bits per heavy atom. The van der Waals surface area contributed by atoms with Gasteiger partial charge in [0.1, 0.15) is 0 Å². The molecule has 1 aliphatic rings. The minimum atomic E-state index is 0.757. The molecule has 1 aliphatic carbocycles. The first-order valence-corrected chi connectivity index (χ1v) is 7.98. The van der Waals surface area contributed by atoms with Crippen molar-refractivity contribution in [1.29, 1.82) is 0 Å². The molecule has 3 heteroatoms. The number of nitrogens with one attached hydrogen (secondary N) is 1. The lowest BCUT2D eigenvalue weighted by Gasteiger charge is -2.43. The maximum atomic E-state index is 3.61. The summed E-state index contributed by atoms with van der Waals surface area (Å²) < 4.78 is 0. The Morgan fingerprint density at radius 2 is 2.28 bits per heavy atom. The van der Waals surface area contributed by atoms with Crippen molar-refractivity contribution in [2.24, 2.45) is 11.8 Å². The first-order chi connectivity index (χ1) is 8.66. The Hall–Kier alpha value is -0.380. The van der Waals surface area contributed by atoms with E-state index in [1.165, 1.54) is 24.3 Å². The standard InChI is InChI=1S/C15H26N2S/c1-12(2)9-16-10-13-6-7-15(13)17(3)11-14-5-4-8-18-14/h4-5,8,12-13,15-16H,6-7,9-11H2,1-3H3. The summed E-state index contributed by atoms with van der Waals surface area (Å²) in [4.78, 5) is 4.02. The molecular formula is C15H26N2S. The molecule has 1 saturated carbocycles. The quantitative estimate of drug-likeness (QED) is 0.815. The third kappa shape index (κ3) is 3.81. The Labute approximate surface area is 115 Å². The lowest BCUT2D eigenvalue weighted by atomic mass is 9.78. The Kier molecular flexibility index (Phi) is 5.22. The molecule has 0 aliphatic heterocycles. The second kappa shape index (κ2) is 6.69. The molecule has 0 saturated heterocycles. The van der Waals surface area contributed by atoms with E-state index < -0.39 is 0 Å². The molecule has 1 aromatic rings. The molecule has 2 atom stereocenters. The molecule has 1 fully saturated rings. The number of hydrogen-bond donors (Lipinski definition) is 1. The Balaban J connectivity index is 1.72. The van der Waals surface area contributed by atoms with E-state index in [0.717, 1.165) is 31.0 Å². The average molecular weight is 266 g/mol. The van der Waals surface area contributed by atoms with Gasteiger partial charge in [-0.1, -0.05) is 19.9 Å². The van der Waals surface area contributed by atoms with Gasteiger partial charge in [0, 0.05) is 17.5 Å². The van der Waals surface area contributed by atoms with Crippen LogP contribution in [-0.4, -0.2) is 31.1 Å². The van der Waals surface area contributed by atoms with Crippen molar-refractivity contribution < 1.29 is 0 Å². The fourth-order valence-corrected chi connectivity index (χ4v) is 3.46. The van der Waals surface area contributed by atoms with Crippen molar-refractivity contribution in [2.45, 2.75) is 39.3 Å². The number of hydrogen-bond acceptors (Lipinski definition) is 3. The van der Waals surface area contributed by atoms with Crippen LogP contribution in [0.25, 0.3) is 0 Å². The van der Waals surface area contributed by atoms with Gasteiger partial charge in [0.15, 0.2) is 0 Å². The largest absolute Gasteiger partial charge is 0.316 e. The van der Waals surface area contributed by atoms with E-state index >= 15 is 0 Å². The lowest BCUT2D eigenvalue weighted by molar-refractivity contribution is 0.0784. The number of thiophene rings is 1. The molecule has 0 bridgehead atoms. The SMILES string of the molecule is CC(C)CNCC1CCC1N(C)Cc1cccs1. The van der Waals surface area contributed by atoms with Gasteiger partial charge in [-0.15, -0.1) is 11.3 Å². The summed E-state index contributed by atoms with van der Waals surface area (Å²) >= 11 is 1.87. The molecule has 102 valence electrons. The molecule has 2 nitrogen and oxygen atoms in total. The fraction of sp³-hybridized carbons (Fsp3) is 0.733. The molecule has 0 spiro atoms. The van der Waals surface area contributed by atoms with Crippen molar-refractivity contribution in [3.05, 3.63) is 22.4 Å². The summed E-state index contributed by atoms with van der Waals surface area (Å²) in [5, 5.41) is 5.78. The molecule has 2 unspecified atom stereocenters. The van der Waals surface area contributed by atoms with Gasteiger partial charge in [0.05, 0.1) is 0 Å². The highest BCUT2D eigenvalue weighted by molar-refractivity contribution is 7.09. The summed E-state index contributed by atoms with van der Waals surface area (Å²) in [6.07, 6.45) is 2.76. The highest BCUT2D eigenvalue weighted by atomic mass is 32.1. The first kappa shape index (κ1) is 14.0. The highest BCUT2D eigenvalue weighted by Crippen LogP contribution is 2.32. The van der Waals surface area contributed by atoms with Gasteiger partial charge in [0.25, 0.3) is 0 Å². The maximum Gasteiger partial charge on any atom is 0.0327 e. The third-order valence-corrected chi connectivity index (χ3v) is 4.75. The number of rotatable bonds is 7. The van der Waals surface area contributed by atoms with E-state index in [2.05, 4.69) is 48.6 Å². The average Bonchev–Trinajstić information content (AvgIpc) is 2.74. The summed E-state index contributed by atoms with van der Waals surface area (Å²) in [6, 6.07) is 5.18. The molecule has 0 radical (unpaired) electrons. The minimum Gasteiger partial charge on any atom is -0.316 e. The molecular weight excluding hydrogens is 240 g/mol. The van der Waals surface area contributed by atoms with Crippen LogP contribution in [0.1, 0.15) is 31.6 Å². The molecule has 2 rings (SSSR count). The van der Waals surface area contributed by atoms with Gasteiger partial charge in [-0.2, -0.15) is 0 Å². The zero-order valence-electron chi connectivity index (χ0n) is 11.9. The van der Waals surface area contributed by atoms with Gasteiger partial charge < -0.3 is 5.32 Å². The van der Waals surface area contributed by atoms with Crippen LogP contribution in [0.2, 0.25) is 0 Å². The van der Waals surface area contributed by atoms with Crippen LogP contribution in [0.15, 0.2) is 17.5 Å². The highest BCUT2D eigenvalue weighted by Gasteiger charge is 2.33. The summed E-state index contributed by atoms with van der Waals surface area (Å²) in [6.45, 7) is 8.00. The monoisotopic (exact) mass is 266 g/mol. The van der Waals surface area contributed by atoms with E-state index in [0.29, 0.717) is 0 Å². The third-order valence-electron chi connectivity index (χ3n) is 3.89. The Morgan fingerprint density at radius 1 is 1.44 bits per heavy atom. The van der Waals surface area contributed by atoms with Crippen LogP contribution >= 0.6 is 11.3 Å². The van der Waals surface area contributed by atoms with Gasteiger partial charge >= 0.3 is 0 Å². The zero-order chi connectivity index (χ0) is 13.0. The molecule has 1 N–H and O–H groups in total. The summed E-state index contributed by atoms with van der Waals surface area (Å²) in [5.74, 6) is 1.61. The predicted molar refractivity (Wildman–Crippen MR) is 80.0 cm³/mol. The van der Waals surface area contributed by atoms with Crippen LogP contribution in [0, 0.1) is 11.8 Å². The Bertz CT molecular complexity index is 334. The van der Waals surface area contributed by atoms with Crippen molar-refractivity contribution in [1.82, 2.24) is 10.2 Å². The first-order valence-electron chi connectivity index (χ1n) is 7.10. The van der Waals surface area contributed by atoms with E-state index in [1.807, 2.05) is 11.3 Å².